The van der Waals surface area contributed by atoms with E-state index < -0.39 is 0 Å². The van der Waals surface area contributed by atoms with Gasteiger partial charge in [-0.3, -0.25) is 9.80 Å². The van der Waals surface area contributed by atoms with Gasteiger partial charge in [-0.05, 0) is 39.7 Å². The van der Waals surface area contributed by atoms with Gasteiger partial charge in [0.15, 0.2) is 0 Å². The molecule has 0 atom stereocenters. The third-order valence-corrected chi connectivity index (χ3v) is 6.19. The molecule has 2 aromatic carbocycles. The molecule has 1 heterocycles. The van der Waals surface area contributed by atoms with Crippen LogP contribution in [0.2, 0.25) is 5.02 Å². The molecule has 0 spiro atoms. The van der Waals surface area contributed by atoms with Crippen LogP contribution in [-0.2, 0) is 18.5 Å². The standard InChI is InChI=1S/C25H35ClN2/c1-19(2)21-8-11-24(26)22(16-21)18-28-14-12-27(13-15-28)17-20-6-9-23(10-7-20)25(3,4)5/h6-11,16,19H,12-15,17-18H2,1-5H3. The molecule has 1 aliphatic rings. The van der Waals surface area contributed by atoms with Gasteiger partial charge in [0.25, 0.3) is 0 Å². The van der Waals surface area contributed by atoms with E-state index in [0.717, 1.165) is 44.3 Å². The second-order valence-electron chi connectivity index (χ2n) is 9.50. The number of rotatable bonds is 5. The van der Waals surface area contributed by atoms with Crippen molar-refractivity contribution in [2.24, 2.45) is 0 Å². The van der Waals surface area contributed by atoms with Crippen LogP contribution in [0, 0.1) is 0 Å². The average molecular weight is 399 g/mol. The molecule has 0 bridgehead atoms. The largest absolute Gasteiger partial charge is 0.297 e. The summed E-state index contributed by atoms with van der Waals surface area (Å²) in [5, 5.41) is 0.894. The molecule has 0 aromatic heterocycles. The van der Waals surface area contributed by atoms with E-state index in [2.05, 4.69) is 86.9 Å². The fourth-order valence-electron chi connectivity index (χ4n) is 3.79. The Balaban J connectivity index is 1.53. The maximum atomic E-state index is 6.46. The Bertz CT molecular complexity index is 766. The Morgan fingerprint density at radius 2 is 1.43 bits per heavy atom. The molecule has 2 aromatic rings. The summed E-state index contributed by atoms with van der Waals surface area (Å²) in [4.78, 5) is 5.10. The lowest BCUT2D eigenvalue weighted by atomic mass is 9.87. The van der Waals surface area contributed by atoms with Crippen molar-refractivity contribution in [2.45, 2.75) is 59.0 Å². The first-order valence-electron chi connectivity index (χ1n) is 10.5. The zero-order valence-corrected chi connectivity index (χ0v) is 18.9. The Morgan fingerprint density at radius 3 is 1.96 bits per heavy atom. The Morgan fingerprint density at radius 1 is 0.857 bits per heavy atom. The third kappa shape index (κ3) is 5.59. The third-order valence-electron chi connectivity index (χ3n) is 5.82. The van der Waals surface area contributed by atoms with Crippen molar-refractivity contribution in [3.63, 3.8) is 0 Å². The molecule has 152 valence electrons. The molecule has 3 rings (SSSR count). The predicted molar refractivity (Wildman–Crippen MR) is 121 cm³/mol. The molecular weight excluding hydrogens is 364 g/mol. The molecule has 0 saturated carbocycles. The summed E-state index contributed by atoms with van der Waals surface area (Å²) in [5.41, 5.74) is 5.67. The van der Waals surface area contributed by atoms with Gasteiger partial charge in [0.2, 0.25) is 0 Å². The molecular formula is C25H35ClN2. The summed E-state index contributed by atoms with van der Waals surface area (Å²) in [6.07, 6.45) is 0. The number of nitrogens with zero attached hydrogens (tertiary/aromatic N) is 2. The molecule has 0 radical (unpaired) electrons. The minimum absolute atomic E-state index is 0.221. The van der Waals surface area contributed by atoms with Crippen molar-refractivity contribution >= 4 is 11.6 Å². The van der Waals surface area contributed by atoms with E-state index in [1.807, 2.05) is 0 Å². The van der Waals surface area contributed by atoms with E-state index in [0.29, 0.717) is 5.92 Å². The lowest BCUT2D eigenvalue weighted by molar-refractivity contribution is 0.122. The lowest BCUT2D eigenvalue weighted by Gasteiger charge is -2.35. The number of hydrogen-bond acceptors (Lipinski definition) is 2. The van der Waals surface area contributed by atoms with Crippen molar-refractivity contribution in [1.82, 2.24) is 9.80 Å². The number of hydrogen-bond donors (Lipinski definition) is 0. The zero-order chi connectivity index (χ0) is 20.3. The molecule has 0 aliphatic carbocycles. The first-order chi connectivity index (χ1) is 13.2. The highest BCUT2D eigenvalue weighted by Gasteiger charge is 2.19. The highest BCUT2D eigenvalue weighted by molar-refractivity contribution is 6.31. The van der Waals surface area contributed by atoms with Gasteiger partial charge in [0, 0.05) is 44.3 Å². The van der Waals surface area contributed by atoms with Gasteiger partial charge in [0.1, 0.15) is 0 Å². The zero-order valence-electron chi connectivity index (χ0n) is 18.1. The summed E-state index contributed by atoms with van der Waals surface area (Å²) >= 11 is 6.46. The van der Waals surface area contributed by atoms with E-state index in [1.165, 1.54) is 22.3 Å². The fraction of sp³-hybridized carbons (Fsp3) is 0.520. The molecule has 3 heteroatoms. The molecule has 0 unspecified atom stereocenters. The quantitative estimate of drug-likeness (QED) is 0.602. The first-order valence-corrected chi connectivity index (χ1v) is 10.9. The Labute approximate surface area is 176 Å². The van der Waals surface area contributed by atoms with Crippen LogP contribution in [0.1, 0.15) is 62.8 Å². The second kappa shape index (κ2) is 8.98. The van der Waals surface area contributed by atoms with Crippen LogP contribution < -0.4 is 0 Å². The molecule has 0 amide bonds. The molecule has 2 nitrogen and oxygen atoms in total. The predicted octanol–water partition coefficient (Wildman–Crippen LogP) is 6.08. The highest BCUT2D eigenvalue weighted by Crippen LogP contribution is 2.25. The Hall–Kier alpha value is -1.35. The van der Waals surface area contributed by atoms with Gasteiger partial charge in [0.05, 0.1) is 0 Å². The van der Waals surface area contributed by atoms with Gasteiger partial charge in [-0.2, -0.15) is 0 Å². The van der Waals surface area contributed by atoms with Crippen LogP contribution in [-0.4, -0.2) is 36.0 Å². The number of piperazine rings is 1. The molecule has 28 heavy (non-hydrogen) atoms. The van der Waals surface area contributed by atoms with Gasteiger partial charge in [-0.25, -0.2) is 0 Å². The summed E-state index contributed by atoms with van der Waals surface area (Å²) in [6.45, 7) is 17.7. The van der Waals surface area contributed by atoms with Crippen LogP contribution >= 0.6 is 11.6 Å². The first kappa shape index (κ1) is 21.4. The van der Waals surface area contributed by atoms with E-state index in [9.17, 15) is 0 Å². The fourth-order valence-corrected chi connectivity index (χ4v) is 3.97. The Kier molecular flexibility index (Phi) is 6.85. The van der Waals surface area contributed by atoms with Crippen molar-refractivity contribution < 1.29 is 0 Å². The van der Waals surface area contributed by atoms with Crippen LogP contribution in [0.4, 0.5) is 0 Å². The van der Waals surface area contributed by atoms with E-state index >= 15 is 0 Å². The highest BCUT2D eigenvalue weighted by atomic mass is 35.5. The van der Waals surface area contributed by atoms with Gasteiger partial charge < -0.3 is 0 Å². The van der Waals surface area contributed by atoms with Gasteiger partial charge >= 0.3 is 0 Å². The van der Waals surface area contributed by atoms with E-state index in [1.54, 1.807) is 0 Å². The summed E-state index contributed by atoms with van der Waals surface area (Å²) in [6, 6.07) is 15.7. The lowest BCUT2D eigenvalue weighted by Crippen LogP contribution is -2.45. The number of halogens is 1. The number of benzene rings is 2. The summed E-state index contributed by atoms with van der Waals surface area (Å²) in [5.74, 6) is 0.539. The minimum atomic E-state index is 0.221. The molecule has 1 saturated heterocycles. The van der Waals surface area contributed by atoms with Gasteiger partial charge in [-0.15, -0.1) is 0 Å². The SMILES string of the molecule is CC(C)c1ccc(Cl)c(CN2CCN(Cc3ccc(C(C)(C)C)cc3)CC2)c1. The van der Waals surface area contributed by atoms with E-state index in [4.69, 9.17) is 11.6 Å². The molecule has 1 fully saturated rings. The van der Waals surface area contributed by atoms with Crippen molar-refractivity contribution in [2.75, 3.05) is 26.2 Å². The topological polar surface area (TPSA) is 6.48 Å². The van der Waals surface area contributed by atoms with Crippen molar-refractivity contribution in [1.29, 1.82) is 0 Å². The molecule has 1 aliphatic heterocycles. The maximum Gasteiger partial charge on any atom is 0.0451 e. The van der Waals surface area contributed by atoms with Crippen molar-refractivity contribution in [3.8, 4) is 0 Å². The average Bonchev–Trinajstić information content (AvgIpc) is 2.64. The van der Waals surface area contributed by atoms with Crippen LogP contribution in [0.5, 0.6) is 0 Å². The summed E-state index contributed by atoms with van der Waals surface area (Å²) < 4.78 is 0. The van der Waals surface area contributed by atoms with Crippen molar-refractivity contribution in [3.05, 3.63) is 69.7 Å². The van der Waals surface area contributed by atoms with Crippen LogP contribution in [0.25, 0.3) is 0 Å². The van der Waals surface area contributed by atoms with Crippen LogP contribution in [0.3, 0.4) is 0 Å². The van der Waals surface area contributed by atoms with Gasteiger partial charge in [-0.1, -0.05) is 82.6 Å². The van der Waals surface area contributed by atoms with E-state index in [-0.39, 0.29) is 5.41 Å². The second-order valence-corrected chi connectivity index (χ2v) is 9.91. The smallest absolute Gasteiger partial charge is 0.0451 e. The maximum absolute atomic E-state index is 6.46. The minimum Gasteiger partial charge on any atom is -0.297 e. The normalized spacial score (nSPS) is 16.7. The summed E-state index contributed by atoms with van der Waals surface area (Å²) in [7, 11) is 0. The monoisotopic (exact) mass is 398 g/mol. The van der Waals surface area contributed by atoms with Crippen LogP contribution in [0.15, 0.2) is 42.5 Å². The molecule has 0 N–H and O–H groups in total.